The molecule has 2 heteroatoms. The van der Waals surface area contributed by atoms with Gasteiger partial charge in [-0.3, -0.25) is 0 Å². The fourth-order valence-electron chi connectivity index (χ4n) is 2.43. The summed E-state index contributed by atoms with van der Waals surface area (Å²) in [4.78, 5) is 0. The number of ether oxygens (including phenoxy) is 1. The fraction of sp³-hybridized carbons (Fsp3) is 0.250. The molecule has 0 bridgehead atoms. The van der Waals surface area contributed by atoms with Crippen molar-refractivity contribution in [3.05, 3.63) is 53.6 Å². The largest absolute Gasteiger partial charge is 0.492 e. The van der Waals surface area contributed by atoms with Gasteiger partial charge in [0, 0.05) is 18.0 Å². The third kappa shape index (κ3) is 1.89. The first-order chi connectivity index (χ1) is 8.75. The van der Waals surface area contributed by atoms with Gasteiger partial charge >= 0.3 is 0 Å². The van der Waals surface area contributed by atoms with Crippen LogP contribution >= 0.6 is 0 Å². The van der Waals surface area contributed by atoms with Crippen molar-refractivity contribution >= 4 is 0 Å². The van der Waals surface area contributed by atoms with Crippen molar-refractivity contribution in [3.8, 4) is 16.9 Å². The lowest BCUT2D eigenvalue weighted by molar-refractivity contribution is 0.358. The topological polar surface area (TPSA) is 35.2 Å². The average Bonchev–Trinajstić information content (AvgIpc) is 2.87. The van der Waals surface area contributed by atoms with Crippen LogP contribution in [0.15, 0.2) is 42.5 Å². The molecule has 18 heavy (non-hydrogen) atoms. The van der Waals surface area contributed by atoms with Crippen LogP contribution in [0, 0.1) is 0 Å². The molecule has 2 nitrogen and oxygen atoms in total. The first kappa shape index (κ1) is 11.3. The summed E-state index contributed by atoms with van der Waals surface area (Å²) in [5.41, 5.74) is 10.8. The van der Waals surface area contributed by atoms with E-state index < -0.39 is 0 Å². The normalized spacial score (nSPS) is 15.0. The molecule has 1 aliphatic rings. The summed E-state index contributed by atoms with van der Waals surface area (Å²) in [6.07, 6.45) is 1.01. The Kier molecular flexibility index (Phi) is 2.80. The van der Waals surface area contributed by atoms with Gasteiger partial charge in [0.25, 0.3) is 0 Å². The van der Waals surface area contributed by atoms with Gasteiger partial charge in [-0.25, -0.2) is 0 Å². The molecule has 2 aromatic carbocycles. The van der Waals surface area contributed by atoms with Crippen LogP contribution in [0.2, 0.25) is 0 Å². The molecule has 0 saturated carbocycles. The van der Waals surface area contributed by atoms with Gasteiger partial charge in [0.05, 0.1) is 6.61 Å². The maximum Gasteiger partial charge on any atom is 0.130 e. The maximum absolute atomic E-state index is 5.94. The zero-order valence-electron chi connectivity index (χ0n) is 10.5. The number of benzene rings is 2. The second-order valence-electron chi connectivity index (χ2n) is 4.81. The maximum atomic E-state index is 5.94. The van der Waals surface area contributed by atoms with Crippen molar-refractivity contribution in [2.24, 2.45) is 5.73 Å². The highest BCUT2D eigenvalue weighted by Gasteiger charge is 2.17. The van der Waals surface area contributed by atoms with Crippen molar-refractivity contribution < 1.29 is 4.74 Å². The second-order valence-corrected chi connectivity index (χ2v) is 4.81. The lowest BCUT2D eigenvalue weighted by Crippen LogP contribution is -2.04. The molecule has 2 aromatic rings. The SMILES string of the molecule is CC(N)c1cccc(-c2cccc3c2OCC3)c1. The molecule has 0 fully saturated rings. The minimum absolute atomic E-state index is 0.0580. The number of hydrogen-bond donors (Lipinski definition) is 1. The summed E-state index contributed by atoms with van der Waals surface area (Å²) in [6.45, 7) is 2.80. The van der Waals surface area contributed by atoms with E-state index in [2.05, 4.69) is 42.5 Å². The van der Waals surface area contributed by atoms with E-state index in [1.165, 1.54) is 16.7 Å². The van der Waals surface area contributed by atoms with E-state index in [0.29, 0.717) is 0 Å². The molecular formula is C16H17NO. The molecule has 92 valence electrons. The smallest absolute Gasteiger partial charge is 0.130 e. The number of para-hydroxylation sites is 1. The molecule has 0 aromatic heterocycles. The van der Waals surface area contributed by atoms with Crippen LogP contribution in [0.1, 0.15) is 24.1 Å². The van der Waals surface area contributed by atoms with Gasteiger partial charge in [-0.15, -0.1) is 0 Å². The van der Waals surface area contributed by atoms with Crippen molar-refractivity contribution in [1.29, 1.82) is 0 Å². The minimum atomic E-state index is 0.0580. The molecule has 0 radical (unpaired) electrons. The summed E-state index contributed by atoms with van der Waals surface area (Å²) in [5.74, 6) is 1.04. The Hall–Kier alpha value is -1.80. The molecule has 3 rings (SSSR count). The summed E-state index contributed by atoms with van der Waals surface area (Å²) in [7, 11) is 0. The highest BCUT2D eigenvalue weighted by atomic mass is 16.5. The molecule has 1 aliphatic heterocycles. The Morgan fingerprint density at radius 1 is 1.17 bits per heavy atom. The van der Waals surface area contributed by atoms with E-state index in [4.69, 9.17) is 10.5 Å². The third-order valence-corrected chi connectivity index (χ3v) is 3.44. The molecule has 0 saturated heterocycles. The monoisotopic (exact) mass is 239 g/mol. The van der Waals surface area contributed by atoms with E-state index in [1.54, 1.807) is 0 Å². The number of hydrogen-bond acceptors (Lipinski definition) is 2. The number of nitrogens with two attached hydrogens (primary N) is 1. The fourth-order valence-corrected chi connectivity index (χ4v) is 2.43. The van der Waals surface area contributed by atoms with Crippen LogP contribution in [-0.2, 0) is 6.42 Å². The summed E-state index contributed by atoms with van der Waals surface area (Å²) in [6, 6.07) is 14.8. The summed E-state index contributed by atoms with van der Waals surface area (Å²) >= 11 is 0. The molecule has 1 unspecified atom stereocenters. The summed E-state index contributed by atoms with van der Waals surface area (Å²) < 4.78 is 5.75. The molecule has 2 N–H and O–H groups in total. The van der Waals surface area contributed by atoms with Gasteiger partial charge in [0.1, 0.15) is 5.75 Å². The van der Waals surface area contributed by atoms with Crippen molar-refractivity contribution in [3.63, 3.8) is 0 Å². The van der Waals surface area contributed by atoms with Crippen LogP contribution in [-0.4, -0.2) is 6.61 Å². The Morgan fingerprint density at radius 2 is 2.00 bits per heavy atom. The lowest BCUT2D eigenvalue weighted by Gasteiger charge is -2.11. The molecule has 0 amide bonds. The van der Waals surface area contributed by atoms with Gasteiger partial charge < -0.3 is 10.5 Å². The van der Waals surface area contributed by atoms with Crippen LogP contribution in [0.3, 0.4) is 0 Å². The predicted molar refractivity (Wildman–Crippen MR) is 73.7 cm³/mol. The molecule has 0 aliphatic carbocycles. The number of rotatable bonds is 2. The van der Waals surface area contributed by atoms with E-state index >= 15 is 0 Å². The molecule has 1 heterocycles. The quantitative estimate of drug-likeness (QED) is 0.872. The zero-order valence-corrected chi connectivity index (χ0v) is 10.5. The lowest BCUT2D eigenvalue weighted by atomic mass is 9.98. The van der Waals surface area contributed by atoms with E-state index in [1.807, 2.05) is 6.92 Å². The highest BCUT2D eigenvalue weighted by molar-refractivity contribution is 5.73. The Labute approximate surface area is 107 Å². The van der Waals surface area contributed by atoms with E-state index in [0.717, 1.165) is 24.3 Å². The van der Waals surface area contributed by atoms with Crippen LogP contribution in [0.4, 0.5) is 0 Å². The standard InChI is InChI=1S/C16H17NO/c1-11(17)13-5-2-6-14(10-13)15-7-3-4-12-8-9-18-16(12)15/h2-7,10-11H,8-9,17H2,1H3. The number of fused-ring (bicyclic) bond motifs is 1. The zero-order chi connectivity index (χ0) is 12.5. The van der Waals surface area contributed by atoms with Crippen molar-refractivity contribution in [2.45, 2.75) is 19.4 Å². The molecule has 0 spiro atoms. The molecule has 1 atom stereocenters. The first-order valence-electron chi connectivity index (χ1n) is 6.36. The van der Waals surface area contributed by atoms with Gasteiger partial charge in [0.2, 0.25) is 0 Å². The Bertz CT molecular complexity index is 575. The Balaban J connectivity index is 2.10. The van der Waals surface area contributed by atoms with Gasteiger partial charge in [-0.2, -0.15) is 0 Å². The minimum Gasteiger partial charge on any atom is -0.492 e. The van der Waals surface area contributed by atoms with Crippen molar-refractivity contribution in [1.82, 2.24) is 0 Å². The van der Waals surface area contributed by atoms with Crippen LogP contribution < -0.4 is 10.5 Å². The average molecular weight is 239 g/mol. The van der Waals surface area contributed by atoms with Crippen LogP contribution in [0.5, 0.6) is 5.75 Å². The van der Waals surface area contributed by atoms with Gasteiger partial charge in [0.15, 0.2) is 0 Å². The third-order valence-electron chi connectivity index (χ3n) is 3.44. The second kappa shape index (κ2) is 4.46. The van der Waals surface area contributed by atoms with E-state index in [9.17, 15) is 0 Å². The van der Waals surface area contributed by atoms with Gasteiger partial charge in [-0.05, 0) is 29.7 Å². The van der Waals surface area contributed by atoms with E-state index in [-0.39, 0.29) is 6.04 Å². The van der Waals surface area contributed by atoms with Gasteiger partial charge in [-0.1, -0.05) is 36.4 Å². The predicted octanol–water partition coefficient (Wildman–Crippen LogP) is 3.31. The molecular weight excluding hydrogens is 222 g/mol. The van der Waals surface area contributed by atoms with Crippen molar-refractivity contribution in [2.75, 3.05) is 6.61 Å². The first-order valence-corrected chi connectivity index (χ1v) is 6.36. The Morgan fingerprint density at radius 3 is 2.83 bits per heavy atom. The van der Waals surface area contributed by atoms with Crippen LogP contribution in [0.25, 0.3) is 11.1 Å². The summed E-state index contributed by atoms with van der Waals surface area (Å²) in [5, 5.41) is 0. The highest BCUT2D eigenvalue weighted by Crippen LogP contribution is 2.37.